The number of hydrogen-bond acceptors (Lipinski definition) is 10. The topological polar surface area (TPSA) is 259 Å². The van der Waals surface area contributed by atoms with Crippen LogP contribution in [-0.4, -0.2) is 115 Å². The molecule has 0 heterocycles. The minimum atomic E-state index is -1.57. The van der Waals surface area contributed by atoms with Crippen molar-refractivity contribution in [3.63, 3.8) is 0 Å². The molecular weight excluding hydrogens is 851 g/mol. The highest BCUT2D eigenvalue weighted by atomic mass is 16.6. The van der Waals surface area contributed by atoms with Crippen molar-refractivity contribution in [1.82, 2.24) is 37.2 Å². The van der Waals surface area contributed by atoms with Gasteiger partial charge in [-0.3, -0.25) is 28.8 Å². The predicted molar refractivity (Wildman–Crippen MR) is 250 cm³/mol. The minimum absolute atomic E-state index is 0.0251. The number of rotatable bonds is 28. The van der Waals surface area contributed by atoms with Crippen molar-refractivity contribution >= 4 is 47.5 Å². The number of alkyl carbamates (subject to hydrolysis) is 1. The number of unbranched alkanes of at least 4 members (excludes halogenated alkanes) is 2. The molecule has 366 valence electrons. The standard InChI is InChI=1S/C48H73N7O11/c1-10-12-15-32-17-19-33(20-18-32)34-21-23-35(24-22-34)42(58)50-27-25-39(56)52-37(16-13-14-26-51-47(64)66-48(6,7)8)44(60)55-41(31(5)65-29-30(3)4)45(61)53-36(11-2)43(59)54-38(46(62)63)28-40(57)49-9/h17-24,30-31,36-38,41H,10-16,25-29H2,1-9H3,(H,49,57)(H,50,58)(H,51,64)(H,52,56)(H,53,61)(H,54,59)(H,55,60)(H,62,63)/t31-,36+,37+,38+,41+/m1/s1. The lowest BCUT2D eigenvalue weighted by molar-refractivity contribution is -0.144. The average Bonchev–Trinajstić information content (AvgIpc) is 3.26. The van der Waals surface area contributed by atoms with Crippen LogP contribution in [0.2, 0.25) is 0 Å². The lowest BCUT2D eigenvalue weighted by atomic mass is 10.0. The van der Waals surface area contributed by atoms with Gasteiger partial charge >= 0.3 is 12.1 Å². The van der Waals surface area contributed by atoms with Gasteiger partial charge in [-0.1, -0.05) is 70.5 Å². The number of hydrogen-bond donors (Lipinski definition) is 8. The molecule has 8 N–H and O–H groups in total. The first-order valence-corrected chi connectivity index (χ1v) is 22.9. The van der Waals surface area contributed by atoms with E-state index in [0.29, 0.717) is 18.4 Å². The second-order valence-electron chi connectivity index (χ2n) is 17.6. The van der Waals surface area contributed by atoms with Gasteiger partial charge in [0.2, 0.25) is 29.5 Å². The van der Waals surface area contributed by atoms with Crippen molar-refractivity contribution < 1.29 is 52.9 Å². The third kappa shape index (κ3) is 21.3. The van der Waals surface area contributed by atoms with E-state index < -0.39 is 83.9 Å². The highest BCUT2D eigenvalue weighted by Gasteiger charge is 2.34. The molecule has 2 aromatic rings. The smallest absolute Gasteiger partial charge is 0.407 e. The molecule has 0 aromatic heterocycles. The van der Waals surface area contributed by atoms with Crippen LogP contribution >= 0.6 is 0 Å². The number of nitrogens with one attached hydrogen (secondary N) is 7. The summed E-state index contributed by atoms with van der Waals surface area (Å²) in [7, 11) is 1.32. The number of carbonyl (C=O) groups excluding carboxylic acids is 7. The lowest BCUT2D eigenvalue weighted by Gasteiger charge is -2.29. The van der Waals surface area contributed by atoms with Gasteiger partial charge in [0.15, 0.2) is 0 Å². The number of carboxylic acids is 1. The third-order valence-corrected chi connectivity index (χ3v) is 10.2. The van der Waals surface area contributed by atoms with E-state index in [0.717, 1.165) is 30.4 Å². The molecule has 0 saturated carbocycles. The molecule has 18 nitrogen and oxygen atoms in total. The van der Waals surface area contributed by atoms with Crippen LogP contribution in [0.1, 0.15) is 123 Å². The molecule has 18 heteroatoms. The molecular formula is C48H73N7O11. The van der Waals surface area contributed by atoms with E-state index in [1.54, 1.807) is 46.8 Å². The maximum Gasteiger partial charge on any atom is 0.407 e. The fourth-order valence-corrected chi connectivity index (χ4v) is 6.43. The van der Waals surface area contributed by atoms with Crippen LogP contribution in [0.3, 0.4) is 0 Å². The Balaban J connectivity index is 2.21. The Kier molecular flexibility index (Phi) is 24.5. The Hall–Kier alpha value is -6.04. The highest BCUT2D eigenvalue weighted by Crippen LogP contribution is 2.21. The normalized spacial score (nSPS) is 13.5. The second-order valence-corrected chi connectivity index (χ2v) is 17.6. The summed E-state index contributed by atoms with van der Waals surface area (Å²) in [6.07, 6.45) is 1.87. The molecule has 0 bridgehead atoms. The fourth-order valence-electron chi connectivity index (χ4n) is 6.43. The maximum absolute atomic E-state index is 14.1. The van der Waals surface area contributed by atoms with Gasteiger partial charge in [-0.15, -0.1) is 0 Å². The van der Waals surface area contributed by atoms with Crippen LogP contribution in [0.15, 0.2) is 48.5 Å². The highest BCUT2D eigenvalue weighted by molar-refractivity contribution is 5.97. The van der Waals surface area contributed by atoms with Gasteiger partial charge in [0.05, 0.1) is 12.5 Å². The second kappa shape index (κ2) is 28.8. The molecule has 0 saturated heterocycles. The molecule has 0 aliphatic rings. The zero-order valence-corrected chi connectivity index (χ0v) is 40.1. The Morgan fingerprint density at radius 3 is 1.85 bits per heavy atom. The summed E-state index contributed by atoms with van der Waals surface area (Å²) < 4.78 is 11.2. The van der Waals surface area contributed by atoms with Crippen LogP contribution in [0.4, 0.5) is 4.79 Å². The Labute approximate surface area is 389 Å². The van der Waals surface area contributed by atoms with Crippen molar-refractivity contribution in [1.29, 1.82) is 0 Å². The summed E-state index contributed by atoms with van der Waals surface area (Å²) in [5.74, 6) is -5.38. The summed E-state index contributed by atoms with van der Waals surface area (Å²) in [6.45, 7) is 14.7. The molecule has 2 aromatic carbocycles. The van der Waals surface area contributed by atoms with Crippen LogP contribution in [0.25, 0.3) is 11.1 Å². The minimum Gasteiger partial charge on any atom is -0.480 e. The molecule has 5 atom stereocenters. The van der Waals surface area contributed by atoms with Crippen LogP contribution in [-0.2, 0) is 44.7 Å². The van der Waals surface area contributed by atoms with E-state index in [-0.39, 0.29) is 50.8 Å². The zero-order chi connectivity index (χ0) is 49.4. The summed E-state index contributed by atoms with van der Waals surface area (Å²) in [5, 5.41) is 27.6. The molecule has 0 radical (unpaired) electrons. The van der Waals surface area contributed by atoms with Crippen LogP contribution in [0.5, 0.6) is 0 Å². The summed E-state index contributed by atoms with van der Waals surface area (Å²) in [5.41, 5.74) is 2.96. The largest absolute Gasteiger partial charge is 0.480 e. The Bertz CT molecular complexity index is 1900. The van der Waals surface area contributed by atoms with Gasteiger partial charge in [0.1, 0.15) is 29.8 Å². The summed E-state index contributed by atoms with van der Waals surface area (Å²) in [6, 6.07) is 10.1. The van der Waals surface area contributed by atoms with E-state index in [2.05, 4.69) is 68.4 Å². The van der Waals surface area contributed by atoms with Gasteiger partial charge < -0.3 is 51.8 Å². The number of carbonyl (C=O) groups is 8. The first-order valence-electron chi connectivity index (χ1n) is 22.9. The summed E-state index contributed by atoms with van der Waals surface area (Å²) >= 11 is 0. The van der Waals surface area contributed by atoms with E-state index in [9.17, 15) is 43.5 Å². The molecule has 2 rings (SSSR count). The molecule has 0 aliphatic heterocycles. The van der Waals surface area contributed by atoms with E-state index in [4.69, 9.17) is 9.47 Å². The predicted octanol–water partition coefficient (Wildman–Crippen LogP) is 4.14. The number of benzene rings is 2. The van der Waals surface area contributed by atoms with Gasteiger partial charge in [0, 0.05) is 38.7 Å². The van der Waals surface area contributed by atoms with Gasteiger partial charge in [-0.2, -0.15) is 0 Å². The maximum atomic E-state index is 14.1. The van der Waals surface area contributed by atoms with Gasteiger partial charge in [-0.05, 0) is 101 Å². The molecule has 66 heavy (non-hydrogen) atoms. The van der Waals surface area contributed by atoms with Crippen molar-refractivity contribution in [3.05, 3.63) is 59.7 Å². The lowest BCUT2D eigenvalue weighted by Crippen LogP contribution is -2.60. The van der Waals surface area contributed by atoms with E-state index in [1.165, 1.54) is 12.6 Å². The van der Waals surface area contributed by atoms with E-state index >= 15 is 0 Å². The van der Waals surface area contributed by atoms with Crippen LogP contribution < -0.4 is 37.2 Å². The van der Waals surface area contributed by atoms with Gasteiger partial charge in [0.25, 0.3) is 5.91 Å². The third-order valence-electron chi connectivity index (χ3n) is 10.2. The number of aliphatic carboxylic acids is 1. The molecule has 0 spiro atoms. The number of amides is 7. The van der Waals surface area contributed by atoms with Crippen molar-refractivity contribution in [3.8, 4) is 11.1 Å². The van der Waals surface area contributed by atoms with Gasteiger partial charge in [-0.25, -0.2) is 9.59 Å². The van der Waals surface area contributed by atoms with Crippen LogP contribution in [0, 0.1) is 5.92 Å². The number of carboxylic acid groups (broad SMARTS) is 1. The first kappa shape index (κ1) is 56.1. The number of aryl methyl sites for hydroxylation is 1. The zero-order valence-electron chi connectivity index (χ0n) is 40.1. The fraction of sp³-hybridized carbons (Fsp3) is 0.583. The van der Waals surface area contributed by atoms with E-state index in [1.807, 2.05) is 26.0 Å². The van der Waals surface area contributed by atoms with Crippen molar-refractivity contribution in [2.24, 2.45) is 5.92 Å². The molecule has 0 unspecified atom stereocenters. The molecule has 0 fully saturated rings. The van der Waals surface area contributed by atoms with Crippen molar-refractivity contribution in [2.75, 3.05) is 26.7 Å². The SMILES string of the molecule is CCCCc1ccc(-c2ccc(C(=O)NCCC(=O)N[C@@H](CCCCNC(=O)OC(C)(C)C)C(=O)N[C@H](C(=O)N[C@@H](CC)C(=O)N[C@@H](CC(=O)NC)C(=O)O)[C@@H](C)OCC(C)C)cc2)cc1. The monoisotopic (exact) mass is 924 g/mol. The first-order chi connectivity index (χ1) is 31.2. The molecule has 7 amide bonds. The molecule has 0 aliphatic carbocycles. The quantitative estimate of drug-likeness (QED) is 0.0563. The summed E-state index contributed by atoms with van der Waals surface area (Å²) in [4.78, 5) is 103. The van der Waals surface area contributed by atoms with Crippen molar-refractivity contribution in [2.45, 2.75) is 149 Å². The average molecular weight is 924 g/mol. The Morgan fingerprint density at radius 2 is 1.29 bits per heavy atom. The Morgan fingerprint density at radius 1 is 0.682 bits per heavy atom. The number of ether oxygens (including phenoxy) is 2.